The summed E-state index contributed by atoms with van der Waals surface area (Å²) in [5.41, 5.74) is 2.81. The minimum absolute atomic E-state index is 0. The van der Waals surface area contributed by atoms with E-state index in [9.17, 15) is 0 Å². The molecule has 1 heteroatoms. The fourth-order valence-electron chi connectivity index (χ4n) is 2.07. The van der Waals surface area contributed by atoms with Gasteiger partial charge in [-0.25, -0.2) is 0 Å². The van der Waals surface area contributed by atoms with Gasteiger partial charge in [0.05, 0.1) is 0 Å². The minimum Gasteiger partial charge on any atom is -0.0795 e. The zero-order chi connectivity index (χ0) is 8.67. The Balaban J connectivity index is 0.000000750. The van der Waals surface area contributed by atoms with E-state index in [0.29, 0.717) is 0 Å². The topological polar surface area (TPSA) is 0 Å². The quantitative estimate of drug-likeness (QED) is 0.623. The van der Waals surface area contributed by atoms with Gasteiger partial charge in [-0.3, -0.25) is 0 Å². The van der Waals surface area contributed by atoms with Crippen molar-refractivity contribution < 1.29 is 0 Å². The first-order valence-electron chi connectivity index (χ1n) is 4.62. The van der Waals surface area contributed by atoms with E-state index in [-0.39, 0.29) is 27.3 Å². The molecule has 0 aliphatic heterocycles. The maximum atomic E-state index is 2.23. The molecular weight excluding hydrogens is 363 g/mol. The first-order chi connectivity index (χ1) is 6.45. The summed E-state index contributed by atoms with van der Waals surface area (Å²) in [7, 11) is 0. The van der Waals surface area contributed by atoms with Crippen LogP contribution in [0.15, 0.2) is 42.5 Å². The molecule has 0 saturated carbocycles. The van der Waals surface area contributed by atoms with Gasteiger partial charge in [0.1, 0.15) is 0 Å². The van der Waals surface area contributed by atoms with Gasteiger partial charge in [-0.15, -0.1) is 0 Å². The molecule has 66 valence electrons. The Kier molecular flexibility index (Phi) is 2.72. The van der Waals surface area contributed by atoms with Gasteiger partial charge in [0.2, 0.25) is 0 Å². The molecule has 0 atom stereocenters. The predicted molar refractivity (Wildman–Crippen MR) is 62.4 cm³/mol. The number of benzene rings is 2. The van der Waals surface area contributed by atoms with Gasteiger partial charge in [-0.2, -0.15) is 0 Å². The fraction of sp³-hybridized carbons (Fsp3) is 0.0769. The van der Waals surface area contributed by atoms with E-state index in [0.717, 1.165) is 6.42 Å². The zero-order valence-corrected chi connectivity index (χ0v) is 11.7. The van der Waals surface area contributed by atoms with Crippen LogP contribution >= 0.6 is 0 Å². The molecule has 0 fully saturated rings. The number of hydrogen-bond donors (Lipinski definition) is 0. The standard InChI is InChI=1S/C13H10.Pb/c1-4-10-6-2-8-12-9-3-7-11(5-1)13(10)12;/h1-8H,9H2;. The number of rotatable bonds is 0. The fourth-order valence-corrected chi connectivity index (χ4v) is 2.07. The van der Waals surface area contributed by atoms with Gasteiger partial charge in [-0.1, -0.05) is 48.6 Å². The van der Waals surface area contributed by atoms with Crippen LogP contribution < -0.4 is 0 Å². The van der Waals surface area contributed by atoms with E-state index in [1.54, 1.807) is 0 Å². The summed E-state index contributed by atoms with van der Waals surface area (Å²) in [4.78, 5) is 0. The third-order valence-corrected chi connectivity index (χ3v) is 2.66. The van der Waals surface area contributed by atoms with Crippen LogP contribution in [0.5, 0.6) is 0 Å². The van der Waals surface area contributed by atoms with E-state index in [1.165, 1.54) is 21.9 Å². The maximum Gasteiger partial charge on any atom is 0 e. The first kappa shape index (κ1) is 9.90. The third-order valence-electron chi connectivity index (χ3n) is 2.66. The Hall–Kier alpha value is -0.638. The van der Waals surface area contributed by atoms with Crippen molar-refractivity contribution in [2.24, 2.45) is 0 Å². The molecule has 0 bridgehead atoms. The third kappa shape index (κ3) is 1.42. The Bertz CT molecular complexity index is 492. The maximum absolute atomic E-state index is 2.23. The molecule has 3 rings (SSSR count). The van der Waals surface area contributed by atoms with Crippen LogP contribution in [0.1, 0.15) is 11.1 Å². The van der Waals surface area contributed by atoms with E-state index in [1.807, 2.05) is 0 Å². The van der Waals surface area contributed by atoms with Gasteiger partial charge in [-0.05, 0) is 28.3 Å². The number of hydrogen-bond acceptors (Lipinski definition) is 0. The molecule has 0 heterocycles. The molecule has 0 unspecified atom stereocenters. The van der Waals surface area contributed by atoms with Crippen LogP contribution in [-0.2, 0) is 6.42 Å². The smallest absolute Gasteiger partial charge is 0 e. The summed E-state index contributed by atoms with van der Waals surface area (Å²) in [6.45, 7) is 0. The van der Waals surface area contributed by atoms with Gasteiger partial charge in [0, 0.05) is 27.3 Å². The molecule has 0 spiro atoms. The van der Waals surface area contributed by atoms with E-state index in [4.69, 9.17) is 0 Å². The summed E-state index contributed by atoms with van der Waals surface area (Å²) in [6.07, 6.45) is 5.53. The Morgan fingerprint density at radius 3 is 2.57 bits per heavy atom. The van der Waals surface area contributed by atoms with Gasteiger partial charge >= 0.3 is 0 Å². The predicted octanol–water partition coefficient (Wildman–Crippen LogP) is 3.03. The molecule has 1 aliphatic carbocycles. The van der Waals surface area contributed by atoms with Crippen molar-refractivity contribution in [3.63, 3.8) is 0 Å². The van der Waals surface area contributed by atoms with Crippen LogP contribution in [0.4, 0.5) is 0 Å². The van der Waals surface area contributed by atoms with Gasteiger partial charge < -0.3 is 0 Å². The second-order valence-corrected chi connectivity index (χ2v) is 3.47. The van der Waals surface area contributed by atoms with Crippen molar-refractivity contribution in [1.29, 1.82) is 0 Å². The van der Waals surface area contributed by atoms with Gasteiger partial charge in [0.25, 0.3) is 0 Å². The van der Waals surface area contributed by atoms with Crippen LogP contribution in [0.3, 0.4) is 0 Å². The van der Waals surface area contributed by atoms with Gasteiger partial charge in [0.15, 0.2) is 0 Å². The van der Waals surface area contributed by atoms with E-state index < -0.39 is 0 Å². The SMILES string of the molecule is C1=Cc2cccc3cccc(c23)C1.[Pb]. The molecule has 0 nitrogen and oxygen atoms in total. The molecule has 0 aromatic heterocycles. The van der Waals surface area contributed by atoms with E-state index >= 15 is 0 Å². The van der Waals surface area contributed by atoms with Crippen molar-refractivity contribution in [2.75, 3.05) is 0 Å². The summed E-state index contributed by atoms with van der Waals surface area (Å²) >= 11 is 0. The summed E-state index contributed by atoms with van der Waals surface area (Å²) in [6, 6.07) is 13.0. The molecule has 0 saturated heterocycles. The van der Waals surface area contributed by atoms with Crippen LogP contribution in [0, 0.1) is 0 Å². The average molecular weight is 373 g/mol. The Labute approximate surface area is 104 Å². The molecule has 14 heavy (non-hydrogen) atoms. The van der Waals surface area contributed by atoms with E-state index in [2.05, 4.69) is 48.6 Å². The second-order valence-electron chi connectivity index (χ2n) is 3.47. The molecule has 4 radical (unpaired) electrons. The monoisotopic (exact) mass is 374 g/mol. The van der Waals surface area contributed by atoms with Crippen molar-refractivity contribution in [2.45, 2.75) is 6.42 Å². The van der Waals surface area contributed by atoms with Crippen molar-refractivity contribution in [1.82, 2.24) is 0 Å². The largest absolute Gasteiger partial charge is 0.0795 e. The zero-order valence-electron chi connectivity index (χ0n) is 7.83. The number of allylic oxidation sites excluding steroid dienone is 1. The molecule has 2 aromatic rings. The van der Waals surface area contributed by atoms with Crippen LogP contribution in [0.2, 0.25) is 0 Å². The molecule has 0 amide bonds. The first-order valence-corrected chi connectivity index (χ1v) is 4.62. The second kappa shape index (κ2) is 3.85. The molecular formula is C13H10Pb. The van der Waals surface area contributed by atoms with Crippen LogP contribution in [0.25, 0.3) is 16.8 Å². The molecule has 0 N–H and O–H groups in total. The summed E-state index contributed by atoms with van der Waals surface area (Å²) in [5, 5.41) is 2.80. The Morgan fingerprint density at radius 2 is 1.71 bits per heavy atom. The van der Waals surface area contributed by atoms with Crippen molar-refractivity contribution >= 4 is 44.1 Å². The average Bonchev–Trinajstić information content (AvgIpc) is 2.19. The minimum atomic E-state index is 0. The normalized spacial score (nSPS) is 12.6. The Morgan fingerprint density at radius 1 is 0.929 bits per heavy atom. The summed E-state index contributed by atoms with van der Waals surface area (Å²) < 4.78 is 0. The molecule has 1 aliphatic rings. The van der Waals surface area contributed by atoms with Crippen molar-refractivity contribution in [3.05, 3.63) is 53.6 Å². The summed E-state index contributed by atoms with van der Waals surface area (Å²) in [5.74, 6) is 0. The molecule has 2 aromatic carbocycles. The van der Waals surface area contributed by atoms with Crippen LogP contribution in [-0.4, -0.2) is 27.3 Å². The van der Waals surface area contributed by atoms with Crippen molar-refractivity contribution in [3.8, 4) is 0 Å².